The average molecular weight is 372 g/mol. The van der Waals surface area contributed by atoms with Crippen LogP contribution in [0.2, 0.25) is 0 Å². The molecule has 1 aliphatic heterocycles. The van der Waals surface area contributed by atoms with E-state index in [-0.39, 0.29) is 5.91 Å². The Labute approximate surface area is 158 Å². The standard InChI is InChI=1S/C20H25N3O2S/c24-19(21-16-9-5-2-6-10-16)18-17(15-7-3-1-4-8-15)22-20(26-18)23-11-13-25-14-12-23/h1,3-4,7-8,16H,2,5-6,9-14H2,(H,21,24). The van der Waals surface area contributed by atoms with Crippen LogP contribution in [-0.4, -0.2) is 43.2 Å². The number of hydrogen-bond donors (Lipinski definition) is 1. The van der Waals surface area contributed by atoms with Crippen molar-refractivity contribution in [3.63, 3.8) is 0 Å². The number of amides is 1. The highest BCUT2D eigenvalue weighted by atomic mass is 32.1. The lowest BCUT2D eigenvalue weighted by molar-refractivity contribution is 0.0932. The highest BCUT2D eigenvalue weighted by molar-refractivity contribution is 7.18. The summed E-state index contributed by atoms with van der Waals surface area (Å²) >= 11 is 1.50. The van der Waals surface area contributed by atoms with Gasteiger partial charge in [0, 0.05) is 24.7 Å². The second-order valence-corrected chi connectivity index (χ2v) is 7.93. The van der Waals surface area contributed by atoms with Gasteiger partial charge in [-0.25, -0.2) is 4.98 Å². The Bertz CT molecular complexity index is 735. The maximum atomic E-state index is 13.0. The number of carbonyl (C=O) groups is 1. The molecule has 0 radical (unpaired) electrons. The third kappa shape index (κ3) is 3.91. The normalized spacial score (nSPS) is 18.7. The first-order valence-electron chi connectivity index (χ1n) is 9.51. The number of ether oxygens (including phenoxy) is 1. The summed E-state index contributed by atoms with van der Waals surface area (Å²) in [6.07, 6.45) is 5.86. The molecule has 2 aliphatic rings. The highest BCUT2D eigenvalue weighted by Gasteiger charge is 2.25. The fourth-order valence-corrected chi connectivity index (χ4v) is 4.69. The molecule has 1 saturated heterocycles. The summed E-state index contributed by atoms with van der Waals surface area (Å²) in [7, 11) is 0. The van der Waals surface area contributed by atoms with Crippen molar-refractivity contribution in [2.24, 2.45) is 0 Å². The zero-order valence-electron chi connectivity index (χ0n) is 14.9. The van der Waals surface area contributed by atoms with Gasteiger partial charge < -0.3 is 15.0 Å². The summed E-state index contributed by atoms with van der Waals surface area (Å²) in [5, 5.41) is 4.17. The van der Waals surface area contributed by atoms with Crippen LogP contribution in [0.25, 0.3) is 11.3 Å². The molecule has 4 rings (SSSR count). The fourth-order valence-electron chi connectivity index (χ4n) is 3.64. The first kappa shape index (κ1) is 17.5. The highest BCUT2D eigenvalue weighted by Crippen LogP contribution is 2.34. The van der Waals surface area contributed by atoms with Crippen molar-refractivity contribution in [1.29, 1.82) is 0 Å². The van der Waals surface area contributed by atoms with Gasteiger partial charge in [-0.05, 0) is 12.8 Å². The molecular formula is C20H25N3O2S. The number of nitrogens with one attached hydrogen (secondary N) is 1. The Morgan fingerprint density at radius 3 is 2.58 bits per heavy atom. The van der Waals surface area contributed by atoms with Gasteiger partial charge in [-0.1, -0.05) is 60.9 Å². The van der Waals surface area contributed by atoms with Crippen LogP contribution < -0.4 is 10.2 Å². The van der Waals surface area contributed by atoms with Gasteiger partial charge in [-0.2, -0.15) is 0 Å². The average Bonchev–Trinajstić information content (AvgIpc) is 3.16. The molecule has 1 aromatic carbocycles. The van der Waals surface area contributed by atoms with Crippen molar-refractivity contribution in [3.05, 3.63) is 35.2 Å². The second kappa shape index (κ2) is 8.18. The molecule has 2 heterocycles. The van der Waals surface area contributed by atoms with Crippen LogP contribution in [0.4, 0.5) is 5.13 Å². The van der Waals surface area contributed by atoms with Crippen molar-refractivity contribution in [3.8, 4) is 11.3 Å². The molecule has 0 bridgehead atoms. The van der Waals surface area contributed by atoms with Crippen LogP contribution in [0, 0.1) is 0 Å². The van der Waals surface area contributed by atoms with Crippen molar-refractivity contribution in [1.82, 2.24) is 10.3 Å². The monoisotopic (exact) mass is 371 g/mol. The summed E-state index contributed by atoms with van der Waals surface area (Å²) < 4.78 is 5.45. The SMILES string of the molecule is O=C(NC1CCCCC1)c1sc(N2CCOCC2)nc1-c1ccccc1. The summed E-state index contributed by atoms with van der Waals surface area (Å²) in [6.45, 7) is 3.07. The number of carbonyl (C=O) groups excluding carboxylic acids is 1. The molecule has 1 amide bonds. The van der Waals surface area contributed by atoms with Crippen molar-refractivity contribution in [2.75, 3.05) is 31.2 Å². The van der Waals surface area contributed by atoms with Gasteiger partial charge in [0.25, 0.3) is 5.91 Å². The molecule has 6 heteroatoms. The van der Waals surface area contributed by atoms with Crippen LogP contribution in [0.3, 0.4) is 0 Å². The lowest BCUT2D eigenvalue weighted by Crippen LogP contribution is -2.36. The van der Waals surface area contributed by atoms with E-state index >= 15 is 0 Å². The van der Waals surface area contributed by atoms with Crippen molar-refractivity contribution >= 4 is 22.4 Å². The lowest BCUT2D eigenvalue weighted by Gasteiger charge is -2.26. The number of rotatable bonds is 4. The molecule has 0 atom stereocenters. The van der Waals surface area contributed by atoms with Gasteiger partial charge in [-0.3, -0.25) is 4.79 Å². The van der Waals surface area contributed by atoms with E-state index in [1.165, 1.54) is 30.6 Å². The first-order valence-corrected chi connectivity index (χ1v) is 10.3. The smallest absolute Gasteiger partial charge is 0.263 e. The van der Waals surface area contributed by atoms with Gasteiger partial charge >= 0.3 is 0 Å². The van der Waals surface area contributed by atoms with E-state index in [0.29, 0.717) is 19.3 Å². The maximum Gasteiger partial charge on any atom is 0.263 e. The van der Waals surface area contributed by atoms with E-state index in [2.05, 4.69) is 10.2 Å². The quantitative estimate of drug-likeness (QED) is 0.890. The van der Waals surface area contributed by atoms with Crippen LogP contribution in [0.15, 0.2) is 30.3 Å². The van der Waals surface area contributed by atoms with Crippen LogP contribution >= 0.6 is 11.3 Å². The Kier molecular flexibility index (Phi) is 5.51. The minimum Gasteiger partial charge on any atom is -0.378 e. The molecular weight excluding hydrogens is 346 g/mol. The van der Waals surface area contributed by atoms with Gasteiger partial charge in [-0.15, -0.1) is 0 Å². The summed E-state index contributed by atoms with van der Waals surface area (Å²) in [4.78, 5) is 20.8. The Morgan fingerprint density at radius 2 is 1.85 bits per heavy atom. The molecule has 26 heavy (non-hydrogen) atoms. The number of aromatic nitrogens is 1. The molecule has 5 nitrogen and oxygen atoms in total. The molecule has 1 N–H and O–H groups in total. The Morgan fingerprint density at radius 1 is 1.12 bits per heavy atom. The lowest BCUT2D eigenvalue weighted by atomic mass is 9.95. The molecule has 2 fully saturated rings. The van der Waals surface area contributed by atoms with Crippen molar-refractivity contribution in [2.45, 2.75) is 38.1 Å². The van der Waals surface area contributed by atoms with Crippen LogP contribution in [-0.2, 0) is 4.74 Å². The molecule has 1 saturated carbocycles. The number of morpholine rings is 1. The zero-order valence-corrected chi connectivity index (χ0v) is 15.8. The third-order valence-electron chi connectivity index (χ3n) is 5.09. The summed E-state index contributed by atoms with van der Waals surface area (Å²) in [5.41, 5.74) is 1.79. The summed E-state index contributed by atoms with van der Waals surface area (Å²) in [5.74, 6) is 0.0211. The Balaban J connectivity index is 1.62. The number of anilines is 1. The third-order valence-corrected chi connectivity index (χ3v) is 6.21. The zero-order chi connectivity index (χ0) is 17.8. The van der Waals surface area contributed by atoms with E-state index in [4.69, 9.17) is 9.72 Å². The maximum absolute atomic E-state index is 13.0. The van der Waals surface area contributed by atoms with Crippen molar-refractivity contribution < 1.29 is 9.53 Å². The molecule has 138 valence electrons. The molecule has 0 spiro atoms. The van der Waals surface area contributed by atoms with Crippen LogP contribution in [0.5, 0.6) is 0 Å². The second-order valence-electron chi connectivity index (χ2n) is 6.95. The van der Waals surface area contributed by atoms with Gasteiger partial charge in [0.1, 0.15) is 4.88 Å². The molecule has 1 aliphatic carbocycles. The number of thiazole rings is 1. The number of nitrogens with zero attached hydrogens (tertiary/aromatic N) is 2. The fraction of sp³-hybridized carbons (Fsp3) is 0.500. The van der Waals surface area contributed by atoms with E-state index in [0.717, 1.165) is 47.2 Å². The predicted molar refractivity (Wildman–Crippen MR) is 105 cm³/mol. The van der Waals surface area contributed by atoms with Crippen LogP contribution in [0.1, 0.15) is 41.8 Å². The van der Waals surface area contributed by atoms with E-state index < -0.39 is 0 Å². The summed E-state index contributed by atoms with van der Waals surface area (Å²) in [6, 6.07) is 10.3. The Hall–Kier alpha value is -1.92. The molecule has 1 aromatic heterocycles. The first-order chi connectivity index (χ1) is 12.8. The minimum absolute atomic E-state index is 0.0211. The van der Waals surface area contributed by atoms with Gasteiger partial charge in [0.2, 0.25) is 0 Å². The predicted octanol–water partition coefficient (Wildman–Crippen LogP) is 3.71. The topological polar surface area (TPSA) is 54.5 Å². The van der Waals surface area contributed by atoms with E-state index in [9.17, 15) is 4.79 Å². The molecule has 0 unspecified atom stereocenters. The van der Waals surface area contributed by atoms with E-state index in [1.807, 2.05) is 30.3 Å². The largest absolute Gasteiger partial charge is 0.378 e. The number of hydrogen-bond acceptors (Lipinski definition) is 5. The molecule has 2 aromatic rings. The minimum atomic E-state index is 0.0211. The van der Waals surface area contributed by atoms with Gasteiger partial charge in [0.15, 0.2) is 5.13 Å². The number of benzene rings is 1. The van der Waals surface area contributed by atoms with E-state index in [1.54, 1.807) is 0 Å². The van der Waals surface area contributed by atoms with Gasteiger partial charge in [0.05, 0.1) is 18.9 Å².